The minimum Gasteiger partial charge on any atom is -0.369 e. The summed E-state index contributed by atoms with van der Waals surface area (Å²) < 4.78 is 0. The van der Waals surface area contributed by atoms with Gasteiger partial charge in [0.05, 0.1) is 0 Å². The third-order valence-corrected chi connectivity index (χ3v) is 4.96. The van der Waals surface area contributed by atoms with Gasteiger partial charge in [-0.25, -0.2) is 0 Å². The van der Waals surface area contributed by atoms with Crippen LogP contribution >= 0.6 is 0 Å². The molecule has 144 valence electrons. The number of anilines is 1. The Morgan fingerprint density at radius 1 is 0.889 bits per heavy atom. The van der Waals surface area contributed by atoms with E-state index in [4.69, 9.17) is 0 Å². The topological polar surface area (TPSA) is 42.9 Å². The van der Waals surface area contributed by atoms with E-state index < -0.39 is 0 Å². The standard InChI is InChI=1S/C22H31N5/c1-23-22(25-19-20-9-4-2-5-10-20)24-13-8-14-26-15-17-27(18-16-26)21-11-6-3-7-12-21/h2-7,9-12H,8,13-19H2,1H3,(H2,23,24,25). The molecule has 27 heavy (non-hydrogen) atoms. The van der Waals surface area contributed by atoms with Crippen molar-refractivity contribution < 1.29 is 0 Å². The number of piperazine rings is 1. The molecule has 2 aromatic rings. The lowest BCUT2D eigenvalue weighted by atomic mass is 10.2. The number of nitrogens with one attached hydrogen (secondary N) is 2. The monoisotopic (exact) mass is 365 g/mol. The Labute approximate surface area is 163 Å². The van der Waals surface area contributed by atoms with Crippen LogP contribution in [0.25, 0.3) is 0 Å². The van der Waals surface area contributed by atoms with Crippen molar-refractivity contribution in [2.75, 3.05) is 51.2 Å². The molecular formula is C22H31N5. The largest absolute Gasteiger partial charge is 0.369 e. The van der Waals surface area contributed by atoms with Gasteiger partial charge >= 0.3 is 0 Å². The molecule has 0 radical (unpaired) electrons. The van der Waals surface area contributed by atoms with Crippen molar-refractivity contribution in [3.8, 4) is 0 Å². The van der Waals surface area contributed by atoms with Crippen LogP contribution in [0.1, 0.15) is 12.0 Å². The SMILES string of the molecule is CN=C(NCCCN1CCN(c2ccccc2)CC1)NCc1ccccc1. The summed E-state index contributed by atoms with van der Waals surface area (Å²) in [5.74, 6) is 0.868. The minimum atomic E-state index is 0.794. The van der Waals surface area contributed by atoms with Crippen molar-refractivity contribution in [3.63, 3.8) is 0 Å². The Kier molecular flexibility index (Phi) is 7.54. The molecule has 5 nitrogen and oxygen atoms in total. The predicted octanol–water partition coefficient (Wildman–Crippen LogP) is 2.56. The van der Waals surface area contributed by atoms with Crippen LogP contribution in [0.2, 0.25) is 0 Å². The molecule has 5 heteroatoms. The van der Waals surface area contributed by atoms with Gasteiger partial charge in [-0.1, -0.05) is 48.5 Å². The lowest BCUT2D eigenvalue weighted by Gasteiger charge is -2.36. The molecule has 2 N–H and O–H groups in total. The Morgan fingerprint density at radius 3 is 2.22 bits per heavy atom. The predicted molar refractivity (Wildman–Crippen MR) is 114 cm³/mol. The summed E-state index contributed by atoms with van der Waals surface area (Å²) in [6, 6.07) is 21.1. The lowest BCUT2D eigenvalue weighted by molar-refractivity contribution is 0.255. The summed E-state index contributed by atoms with van der Waals surface area (Å²) in [5, 5.41) is 6.78. The maximum atomic E-state index is 4.31. The minimum absolute atomic E-state index is 0.794. The Balaban J connectivity index is 1.30. The first-order valence-electron chi connectivity index (χ1n) is 9.86. The summed E-state index contributed by atoms with van der Waals surface area (Å²) in [7, 11) is 1.82. The third-order valence-electron chi connectivity index (χ3n) is 4.96. The van der Waals surface area contributed by atoms with Crippen molar-refractivity contribution in [2.45, 2.75) is 13.0 Å². The van der Waals surface area contributed by atoms with Crippen molar-refractivity contribution in [1.82, 2.24) is 15.5 Å². The van der Waals surface area contributed by atoms with Gasteiger partial charge in [0.2, 0.25) is 0 Å². The molecule has 0 saturated carbocycles. The molecule has 1 fully saturated rings. The molecule has 0 aromatic heterocycles. The number of hydrogen-bond donors (Lipinski definition) is 2. The zero-order chi connectivity index (χ0) is 18.7. The summed E-state index contributed by atoms with van der Waals surface area (Å²) >= 11 is 0. The van der Waals surface area contributed by atoms with Crippen LogP contribution < -0.4 is 15.5 Å². The highest BCUT2D eigenvalue weighted by atomic mass is 15.3. The van der Waals surface area contributed by atoms with Gasteiger partial charge < -0.3 is 15.5 Å². The molecular weight excluding hydrogens is 334 g/mol. The number of benzene rings is 2. The highest BCUT2D eigenvalue weighted by Crippen LogP contribution is 2.15. The van der Waals surface area contributed by atoms with E-state index in [9.17, 15) is 0 Å². The van der Waals surface area contributed by atoms with Gasteiger partial charge in [0.15, 0.2) is 5.96 Å². The van der Waals surface area contributed by atoms with Crippen LogP contribution in [0.3, 0.4) is 0 Å². The average molecular weight is 366 g/mol. The summed E-state index contributed by atoms with van der Waals surface area (Å²) in [6.07, 6.45) is 1.12. The van der Waals surface area contributed by atoms with E-state index in [1.165, 1.54) is 11.3 Å². The summed E-state index contributed by atoms with van der Waals surface area (Å²) in [6.45, 7) is 7.35. The van der Waals surface area contributed by atoms with Crippen LogP contribution in [0, 0.1) is 0 Å². The van der Waals surface area contributed by atoms with Crippen LogP contribution in [0.5, 0.6) is 0 Å². The van der Waals surface area contributed by atoms with Gasteiger partial charge in [0, 0.05) is 52.0 Å². The second kappa shape index (κ2) is 10.6. The molecule has 0 bridgehead atoms. The molecule has 0 amide bonds. The normalized spacial score (nSPS) is 15.6. The zero-order valence-electron chi connectivity index (χ0n) is 16.3. The van der Waals surface area contributed by atoms with Crippen LogP contribution in [0.4, 0.5) is 5.69 Å². The first-order chi connectivity index (χ1) is 13.3. The molecule has 0 atom stereocenters. The number of rotatable bonds is 7. The maximum absolute atomic E-state index is 4.31. The first kappa shape index (κ1) is 19.2. The fourth-order valence-electron chi connectivity index (χ4n) is 3.38. The molecule has 1 heterocycles. The molecule has 1 aliphatic rings. The lowest BCUT2D eigenvalue weighted by Crippen LogP contribution is -2.47. The third kappa shape index (κ3) is 6.29. The van der Waals surface area contributed by atoms with Crippen LogP contribution in [-0.2, 0) is 6.54 Å². The molecule has 1 aliphatic heterocycles. The Hall–Kier alpha value is -2.53. The number of aliphatic imine (C=N–C) groups is 1. The van der Waals surface area contributed by atoms with E-state index in [1.807, 2.05) is 13.1 Å². The number of hydrogen-bond acceptors (Lipinski definition) is 3. The van der Waals surface area contributed by atoms with E-state index in [0.29, 0.717) is 0 Å². The van der Waals surface area contributed by atoms with E-state index in [1.54, 1.807) is 0 Å². The van der Waals surface area contributed by atoms with E-state index in [-0.39, 0.29) is 0 Å². The van der Waals surface area contributed by atoms with Gasteiger partial charge in [-0.3, -0.25) is 9.89 Å². The second-order valence-electron chi connectivity index (χ2n) is 6.86. The average Bonchev–Trinajstić information content (AvgIpc) is 2.75. The van der Waals surface area contributed by atoms with Crippen molar-refractivity contribution in [3.05, 3.63) is 66.2 Å². The molecule has 1 saturated heterocycles. The van der Waals surface area contributed by atoms with Gasteiger partial charge in [0.1, 0.15) is 0 Å². The molecule has 0 unspecified atom stereocenters. The molecule has 0 aliphatic carbocycles. The van der Waals surface area contributed by atoms with Gasteiger partial charge in [-0.2, -0.15) is 0 Å². The van der Waals surface area contributed by atoms with E-state index in [2.05, 4.69) is 80.0 Å². The smallest absolute Gasteiger partial charge is 0.191 e. The fraction of sp³-hybridized carbons (Fsp3) is 0.409. The fourth-order valence-corrected chi connectivity index (χ4v) is 3.38. The van der Waals surface area contributed by atoms with Crippen molar-refractivity contribution >= 4 is 11.6 Å². The number of nitrogens with zero attached hydrogens (tertiary/aromatic N) is 3. The van der Waals surface area contributed by atoms with E-state index in [0.717, 1.165) is 58.2 Å². The molecule has 3 rings (SSSR count). The van der Waals surface area contributed by atoms with Crippen molar-refractivity contribution in [1.29, 1.82) is 0 Å². The van der Waals surface area contributed by atoms with Gasteiger partial charge in [-0.05, 0) is 30.7 Å². The maximum Gasteiger partial charge on any atom is 0.191 e. The number of para-hydroxylation sites is 1. The quantitative estimate of drug-likeness (QED) is 0.450. The summed E-state index contributed by atoms with van der Waals surface area (Å²) in [4.78, 5) is 9.34. The van der Waals surface area contributed by atoms with Crippen LogP contribution in [0.15, 0.2) is 65.7 Å². The van der Waals surface area contributed by atoms with Crippen molar-refractivity contribution in [2.24, 2.45) is 4.99 Å². The molecule has 2 aromatic carbocycles. The Morgan fingerprint density at radius 2 is 1.56 bits per heavy atom. The van der Waals surface area contributed by atoms with Gasteiger partial charge in [-0.15, -0.1) is 0 Å². The number of guanidine groups is 1. The molecule has 0 spiro atoms. The summed E-state index contributed by atoms with van der Waals surface area (Å²) in [5.41, 5.74) is 2.60. The van der Waals surface area contributed by atoms with E-state index >= 15 is 0 Å². The highest BCUT2D eigenvalue weighted by Gasteiger charge is 2.16. The van der Waals surface area contributed by atoms with Gasteiger partial charge in [0.25, 0.3) is 0 Å². The highest BCUT2D eigenvalue weighted by molar-refractivity contribution is 5.79. The zero-order valence-corrected chi connectivity index (χ0v) is 16.3. The first-order valence-corrected chi connectivity index (χ1v) is 9.86. The second-order valence-corrected chi connectivity index (χ2v) is 6.86. The Bertz CT molecular complexity index is 678. The van der Waals surface area contributed by atoms with Crippen LogP contribution in [-0.4, -0.2) is 57.2 Å².